The molecule has 1 aromatic heterocycles. The number of thiazole rings is 1. The highest BCUT2D eigenvalue weighted by Gasteiger charge is 2.12. The van der Waals surface area contributed by atoms with Crippen LogP contribution in [-0.2, 0) is 6.42 Å². The molecule has 3 N–H and O–H groups in total. The van der Waals surface area contributed by atoms with Crippen molar-refractivity contribution >= 4 is 17.3 Å². The molecule has 0 radical (unpaired) electrons. The molecule has 0 amide bonds. The van der Waals surface area contributed by atoms with Crippen LogP contribution in [0.2, 0.25) is 0 Å². The van der Waals surface area contributed by atoms with Gasteiger partial charge in [-0.05, 0) is 26.7 Å². The Morgan fingerprint density at radius 3 is 2.60 bits per heavy atom. The van der Waals surface area contributed by atoms with Gasteiger partial charge in [-0.1, -0.05) is 25.7 Å². The fraction of sp³-hybridized carbons (Fsp3) is 0.733. The molecule has 112 valence electrons. The summed E-state index contributed by atoms with van der Waals surface area (Å²) in [6, 6.07) is 0.519. The van der Waals surface area contributed by atoms with E-state index in [-0.39, 0.29) is 0 Å². The Hall–Kier alpha value is -1.10. The van der Waals surface area contributed by atoms with E-state index >= 15 is 0 Å². The molecule has 0 aromatic carbocycles. The summed E-state index contributed by atoms with van der Waals surface area (Å²) in [5.41, 5.74) is 7.11. The number of hydrogen-bond donors (Lipinski definition) is 2. The summed E-state index contributed by atoms with van der Waals surface area (Å²) < 4.78 is 0. The van der Waals surface area contributed by atoms with E-state index in [9.17, 15) is 0 Å². The lowest BCUT2D eigenvalue weighted by molar-refractivity contribution is 0.530. The molecule has 1 aliphatic carbocycles. The van der Waals surface area contributed by atoms with Crippen molar-refractivity contribution in [2.75, 3.05) is 6.54 Å². The number of aromatic nitrogens is 1. The van der Waals surface area contributed by atoms with Crippen LogP contribution in [0.25, 0.3) is 0 Å². The van der Waals surface area contributed by atoms with Gasteiger partial charge in [-0.2, -0.15) is 0 Å². The van der Waals surface area contributed by atoms with E-state index in [2.05, 4.69) is 29.1 Å². The summed E-state index contributed by atoms with van der Waals surface area (Å²) in [5.74, 6) is 0.599. The van der Waals surface area contributed by atoms with Gasteiger partial charge >= 0.3 is 0 Å². The lowest BCUT2D eigenvalue weighted by atomic mass is 10.1. The minimum Gasteiger partial charge on any atom is -0.370 e. The number of nitrogens with one attached hydrogen (secondary N) is 1. The van der Waals surface area contributed by atoms with Crippen LogP contribution in [0.4, 0.5) is 0 Å². The summed E-state index contributed by atoms with van der Waals surface area (Å²) in [5, 5.41) is 4.53. The van der Waals surface area contributed by atoms with Crippen LogP contribution in [0.1, 0.15) is 54.1 Å². The topological polar surface area (TPSA) is 63.3 Å². The normalized spacial score (nSPS) is 18.0. The average Bonchev–Trinajstić information content (AvgIpc) is 2.62. The zero-order chi connectivity index (χ0) is 14.4. The summed E-state index contributed by atoms with van der Waals surface area (Å²) in [6.07, 6.45) is 8.66. The molecule has 0 unspecified atom stereocenters. The number of nitrogens with two attached hydrogens (primary N) is 1. The lowest BCUT2D eigenvalue weighted by Gasteiger charge is -2.16. The van der Waals surface area contributed by atoms with E-state index in [1.54, 1.807) is 11.3 Å². The maximum Gasteiger partial charge on any atom is 0.188 e. The molecule has 0 aliphatic heterocycles. The summed E-state index contributed by atoms with van der Waals surface area (Å²) in [7, 11) is 0. The van der Waals surface area contributed by atoms with Gasteiger partial charge in [0.25, 0.3) is 0 Å². The van der Waals surface area contributed by atoms with Gasteiger partial charge in [-0.15, -0.1) is 11.3 Å². The molecule has 1 saturated carbocycles. The van der Waals surface area contributed by atoms with Crippen molar-refractivity contribution in [1.82, 2.24) is 10.3 Å². The molecule has 20 heavy (non-hydrogen) atoms. The maximum atomic E-state index is 5.98. The van der Waals surface area contributed by atoms with Crippen molar-refractivity contribution in [1.29, 1.82) is 0 Å². The Labute approximate surface area is 125 Å². The van der Waals surface area contributed by atoms with E-state index in [0.29, 0.717) is 12.0 Å². The SMILES string of the molecule is Cc1nc(CCN=C(N)NC2CCCCCC2)sc1C. The first-order valence-corrected chi connectivity index (χ1v) is 8.46. The minimum absolute atomic E-state index is 0.519. The maximum absolute atomic E-state index is 5.98. The van der Waals surface area contributed by atoms with Gasteiger partial charge in [-0.25, -0.2) is 4.98 Å². The Balaban J connectivity index is 1.75. The van der Waals surface area contributed by atoms with Crippen molar-refractivity contribution in [3.63, 3.8) is 0 Å². The van der Waals surface area contributed by atoms with Crippen molar-refractivity contribution < 1.29 is 0 Å². The molecular formula is C15H26N4S. The highest BCUT2D eigenvalue weighted by molar-refractivity contribution is 7.11. The van der Waals surface area contributed by atoms with Gasteiger partial charge in [0.2, 0.25) is 0 Å². The number of aryl methyl sites for hydroxylation is 2. The van der Waals surface area contributed by atoms with E-state index in [4.69, 9.17) is 5.73 Å². The van der Waals surface area contributed by atoms with Crippen LogP contribution in [-0.4, -0.2) is 23.5 Å². The smallest absolute Gasteiger partial charge is 0.188 e. The Kier molecular flexibility index (Phi) is 5.83. The van der Waals surface area contributed by atoms with Crippen LogP contribution < -0.4 is 11.1 Å². The van der Waals surface area contributed by atoms with Gasteiger partial charge < -0.3 is 11.1 Å². The average molecular weight is 294 g/mol. The zero-order valence-electron chi connectivity index (χ0n) is 12.6. The van der Waals surface area contributed by atoms with Crippen LogP contribution in [0.5, 0.6) is 0 Å². The molecule has 0 bridgehead atoms. The zero-order valence-corrected chi connectivity index (χ0v) is 13.4. The van der Waals surface area contributed by atoms with E-state index in [1.807, 2.05) is 0 Å². The second kappa shape index (κ2) is 7.62. The van der Waals surface area contributed by atoms with E-state index < -0.39 is 0 Å². The Morgan fingerprint density at radius 2 is 2.00 bits per heavy atom. The predicted molar refractivity (Wildman–Crippen MR) is 86.4 cm³/mol. The highest BCUT2D eigenvalue weighted by atomic mass is 32.1. The van der Waals surface area contributed by atoms with Crippen LogP contribution in [0.15, 0.2) is 4.99 Å². The fourth-order valence-electron chi connectivity index (χ4n) is 2.60. The minimum atomic E-state index is 0.519. The third-order valence-corrected chi connectivity index (χ3v) is 5.02. The number of aliphatic imine (C=N–C) groups is 1. The predicted octanol–water partition coefficient (Wildman–Crippen LogP) is 2.93. The van der Waals surface area contributed by atoms with Crippen LogP contribution in [0.3, 0.4) is 0 Å². The third-order valence-electron chi connectivity index (χ3n) is 3.89. The quantitative estimate of drug-likeness (QED) is 0.510. The summed E-state index contributed by atoms with van der Waals surface area (Å²) >= 11 is 1.76. The van der Waals surface area contributed by atoms with Gasteiger partial charge in [0.05, 0.1) is 10.7 Å². The first kappa shape index (κ1) is 15.3. The summed E-state index contributed by atoms with van der Waals surface area (Å²) in [6.45, 7) is 4.89. The van der Waals surface area contributed by atoms with Crippen LogP contribution >= 0.6 is 11.3 Å². The second-order valence-corrected chi connectivity index (χ2v) is 6.89. The molecular weight excluding hydrogens is 268 g/mol. The van der Waals surface area contributed by atoms with Gasteiger partial charge in [0.1, 0.15) is 0 Å². The van der Waals surface area contributed by atoms with Crippen molar-refractivity contribution in [3.05, 3.63) is 15.6 Å². The third kappa shape index (κ3) is 4.78. The molecule has 1 fully saturated rings. The largest absolute Gasteiger partial charge is 0.370 e. The van der Waals surface area contributed by atoms with Gasteiger partial charge in [0.15, 0.2) is 5.96 Å². The molecule has 1 aliphatic rings. The molecule has 1 heterocycles. The molecule has 4 nitrogen and oxygen atoms in total. The van der Waals surface area contributed by atoms with E-state index in [0.717, 1.165) is 23.7 Å². The van der Waals surface area contributed by atoms with Crippen LogP contribution in [0, 0.1) is 13.8 Å². The molecule has 0 atom stereocenters. The van der Waals surface area contributed by atoms with Crippen molar-refractivity contribution in [2.45, 2.75) is 64.8 Å². The van der Waals surface area contributed by atoms with E-state index in [1.165, 1.54) is 43.4 Å². The van der Waals surface area contributed by atoms with Gasteiger partial charge in [0, 0.05) is 23.9 Å². The van der Waals surface area contributed by atoms with Crippen molar-refractivity contribution in [3.8, 4) is 0 Å². The molecule has 0 spiro atoms. The number of guanidine groups is 1. The number of hydrogen-bond acceptors (Lipinski definition) is 3. The lowest BCUT2D eigenvalue weighted by Crippen LogP contribution is -2.40. The number of nitrogens with zero attached hydrogens (tertiary/aromatic N) is 2. The second-order valence-electron chi connectivity index (χ2n) is 5.60. The highest BCUT2D eigenvalue weighted by Crippen LogP contribution is 2.17. The first-order valence-electron chi connectivity index (χ1n) is 7.64. The van der Waals surface area contributed by atoms with Crippen molar-refractivity contribution in [2.24, 2.45) is 10.7 Å². The van der Waals surface area contributed by atoms with Gasteiger partial charge in [-0.3, -0.25) is 4.99 Å². The fourth-order valence-corrected chi connectivity index (χ4v) is 3.52. The first-order chi connectivity index (χ1) is 9.65. The number of rotatable bonds is 4. The molecule has 2 rings (SSSR count). The Morgan fingerprint density at radius 1 is 1.30 bits per heavy atom. The molecule has 0 saturated heterocycles. The monoisotopic (exact) mass is 294 g/mol. The molecule has 1 aromatic rings. The Bertz CT molecular complexity index is 425. The standard InChI is InChI=1S/C15H26N4S/c1-11-12(2)20-14(18-11)9-10-17-15(16)19-13-7-5-3-4-6-8-13/h13H,3-10H2,1-2H3,(H3,16,17,19). The molecule has 5 heteroatoms. The summed E-state index contributed by atoms with van der Waals surface area (Å²) in [4.78, 5) is 10.3.